The number of H-pyrrole nitrogens is 1. The van der Waals surface area contributed by atoms with E-state index in [0.29, 0.717) is 44.1 Å². The van der Waals surface area contributed by atoms with Gasteiger partial charge in [0.25, 0.3) is 5.91 Å². The summed E-state index contributed by atoms with van der Waals surface area (Å²) in [6.45, 7) is 2.40. The number of aromatic nitrogens is 4. The second kappa shape index (κ2) is 8.98. The molecule has 0 saturated carbocycles. The van der Waals surface area contributed by atoms with E-state index in [1.54, 1.807) is 6.33 Å². The van der Waals surface area contributed by atoms with Gasteiger partial charge < -0.3 is 14.5 Å². The van der Waals surface area contributed by atoms with E-state index in [1.807, 2.05) is 18.3 Å². The van der Waals surface area contributed by atoms with Gasteiger partial charge in [-0.2, -0.15) is 13.2 Å². The van der Waals surface area contributed by atoms with Crippen molar-refractivity contribution in [3.05, 3.63) is 72.2 Å². The van der Waals surface area contributed by atoms with Crippen LogP contribution in [0.4, 0.5) is 17.6 Å². The van der Waals surface area contributed by atoms with Crippen LogP contribution < -0.4 is 0 Å². The highest BCUT2D eigenvalue weighted by atomic mass is 19.4. The Kier molecular flexibility index (Phi) is 5.74. The molecule has 0 spiro atoms. The maximum absolute atomic E-state index is 13.7. The van der Waals surface area contributed by atoms with Gasteiger partial charge in [-0.15, -0.1) is 0 Å². The number of halogens is 4. The fourth-order valence-corrected chi connectivity index (χ4v) is 5.40. The van der Waals surface area contributed by atoms with Gasteiger partial charge in [0.05, 0.1) is 22.9 Å². The van der Waals surface area contributed by atoms with E-state index in [-0.39, 0.29) is 6.04 Å². The number of alkyl halides is 3. The third-order valence-corrected chi connectivity index (χ3v) is 7.44. The zero-order valence-corrected chi connectivity index (χ0v) is 19.7. The Morgan fingerprint density at radius 3 is 2.57 bits per heavy atom. The summed E-state index contributed by atoms with van der Waals surface area (Å²) >= 11 is 0. The number of fused-ring (bicyclic) bond motifs is 1. The van der Waals surface area contributed by atoms with Crippen molar-refractivity contribution < 1.29 is 22.4 Å². The Morgan fingerprint density at radius 2 is 1.81 bits per heavy atom. The van der Waals surface area contributed by atoms with E-state index in [9.17, 15) is 22.4 Å². The molecule has 5 heterocycles. The molecule has 7 nitrogen and oxygen atoms in total. The lowest BCUT2D eigenvalue weighted by Gasteiger charge is -2.47. The zero-order chi connectivity index (χ0) is 25.7. The first-order valence-electron chi connectivity index (χ1n) is 12.1. The molecule has 37 heavy (non-hydrogen) atoms. The Morgan fingerprint density at radius 1 is 1.03 bits per heavy atom. The van der Waals surface area contributed by atoms with Gasteiger partial charge in [-0.25, -0.2) is 14.4 Å². The van der Waals surface area contributed by atoms with Crippen molar-refractivity contribution in [3.63, 3.8) is 0 Å². The van der Waals surface area contributed by atoms with Gasteiger partial charge in [-0.05, 0) is 43.2 Å². The fraction of sp³-hybridized carbons (Fsp3) is 0.346. The molecule has 0 aliphatic carbocycles. The number of aromatic amines is 1. The van der Waals surface area contributed by atoms with Crippen LogP contribution in [-0.2, 0) is 6.18 Å². The van der Waals surface area contributed by atoms with Crippen molar-refractivity contribution in [2.75, 3.05) is 26.2 Å². The van der Waals surface area contributed by atoms with Crippen LogP contribution >= 0.6 is 0 Å². The van der Waals surface area contributed by atoms with E-state index < -0.39 is 29.0 Å². The molecule has 4 aromatic rings. The molecule has 1 aromatic carbocycles. The third-order valence-electron chi connectivity index (χ3n) is 7.44. The first-order valence-corrected chi connectivity index (χ1v) is 12.1. The van der Waals surface area contributed by atoms with Crippen molar-refractivity contribution in [1.29, 1.82) is 0 Å². The van der Waals surface area contributed by atoms with Gasteiger partial charge in [0.1, 0.15) is 17.8 Å². The van der Waals surface area contributed by atoms with E-state index in [1.165, 1.54) is 4.90 Å². The number of piperidine rings is 1. The summed E-state index contributed by atoms with van der Waals surface area (Å²) in [6, 6.07) is 6.63. The van der Waals surface area contributed by atoms with Crippen molar-refractivity contribution in [2.45, 2.75) is 31.1 Å². The predicted molar refractivity (Wildman–Crippen MR) is 128 cm³/mol. The molecule has 3 aromatic heterocycles. The fourth-order valence-electron chi connectivity index (χ4n) is 5.40. The molecular weight excluding hydrogens is 488 g/mol. The molecule has 0 atom stereocenters. The third kappa shape index (κ3) is 4.37. The van der Waals surface area contributed by atoms with Gasteiger partial charge in [0.15, 0.2) is 0 Å². The van der Waals surface area contributed by atoms with Crippen LogP contribution in [0.5, 0.6) is 0 Å². The van der Waals surface area contributed by atoms with Crippen LogP contribution in [0.3, 0.4) is 0 Å². The monoisotopic (exact) mass is 512 g/mol. The van der Waals surface area contributed by atoms with Gasteiger partial charge in [0.2, 0.25) is 0 Å². The Bertz CT molecular complexity index is 1450. The largest absolute Gasteiger partial charge is 0.417 e. The molecule has 2 aliphatic rings. The van der Waals surface area contributed by atoms with Crippen molar-refractivity contribution in [1.82, 2.24) is 29.3 Å². The highest BCUT2D eigenvalue weighted by molar-refractivity contribution is 5.96. The summed E-state index contributed by atoms with van der Waals surface area (Å²) in [4.78, 5) is 28.4. The molecule has 0 bridgehead atoms. The Labute approximate surface area is 209 Å². The smallest absolute Gasteiger partial charge is 0.348 e. The maximum atomic E-state index is 13.7. The summed E-state index contributed by atoms with van der Waals surface area (Å²) in [6.07, 6.45) is 4.15. The SMILES string of the molecule is O=C(c1cc(F)ccc1C(F)(F)F)N1CCC(N2CC(n3ccc(-c4ncnc5[nH]ccc45)c3)C2)CC1. The standard InChI is InChI=1S/C26H24F4N6O/c27-17-1-2-22(26(28,29)30)21(11-17)25(37)34-9-5-18(6-10-34)36-13-19(14-36)35-8-4-16(12-35)23-20-3-7-31-24(20)33-15-32-23/h1-4,7-8,11-12,15,18-19H,5-6,9-10,13-14H2,(H,31,32,33). The molecule has 6 rings (SSSR count). The lowest BCUT2D eigenvalue weighted by Crippen LogP contribution is -2.56. The second-order valence-electron chi connectivity index (χ2n) is 9.63. The number of benzene rings is 1. The molecule has 2 saturated heterocycles. The number of hydrogen-bond acceptors (Lipinski definition) is 4. The average Bonchev–Trinajstić information content (AvgIpc) is 3.52. The molecule has 2 aliphatic heterocycles. The van der Waals surface area contributed by atoms with Crippen LogP contribution in [0.15, 0.2) is 55.2 Å². The van der Waals surface area contributed by atoms with Gasteiger partial charge in [0, 0.05) is 61.8 Å². The van der Waals surface area contributed by atoms with Crippen LogP contribution in [0.2, 0.25) is 0 Å². The van der Waals surface area contributed by atoms with Crippen LogP contribution in [0, 0.1) is 5.82 Å². The Balaban J connectivity index is 1.06. The lowest BCUT2D eigenvalue weighted by atomic mass is 9.96. The van der Waals surface area contributed by atoms with Crippen LogP contribution in [-0.4, -0.2) is 67.4 Å². The number of nitrogens with one attached hydrogen (secondary N) is 1. The van der Waals surface area contributed by atoms with Crippen LogP contribution in [0.1, 0.15) is 34.8 Å². The zero-order valence-electron chi connectivity index (χ0n) is 19.7. The predicted octanol–water partition coefficient (Wildman–Crippen LogP) is 4.75. The highest BCUT2D eigenvalue weighted by Crippen LogP contribution is 2.35. The topological polar surface area (TPSA) is 70.1 Å². The minimum atomic E-state index is -4.72. The number of rotatable bonds is 4. The number of amides is 1. The number of carbonyl (C=O) groups is 1. The van der Waals surface area contributed by atoms with E-state index in [2.05, 4.69) is 36.8 Å². The molecule has 2 fully saturated rings. The van der Waals surface area contributed by atoms with E-state index >= 15 is 0 Å². The highest BCUT2D eigenvalue weighted by Gasteiger charge is 2.39. The van der Waals surface area contributed by atoms with Gasteiger partial charge in [-0.1, -0.05) is 0 Å². The van der Waals surface area contributed by atoms with Crippen molar-refractivity contribution in [3.8, 4) is 11.3 Å². The first-order chi connectivity index (χ1) is 17.8. The summed E-state index contributed by atoms with van der Waals surface area (Å²) in [5, 5.41) is 0.970. The maximum Gasteiger partial charge on any atom is 0.417 e. The van der Waals surface area contributed by atoms with Gasteiger partial charge in [-0.3, -0.25) is 9.69 Å². The normalized spacial score (nSPS) is 17.9. The first kappa shape index (κ1) is 23.7. The molecule has 0 unspecified atom stereocenters. The Hall–Kier alpha value is -3.73. The molecule has 192 valence electrons. The van der Waals surface area contributed by atoms with Crippen molar-refractivity contribution >= 4 is 16.9 Å². The number of carbonyl (C=O) groups excluding carboxylic acids is 1. The number of hydrogen-bond donors (Lipinski definition) is 1. The number of nitrogens with zero attached hydrogens (tertiary/aromatic N) is 5. The summed E-state index contributed by atoms with van der Waals surface area (Å²) in [5.41, 5.74) is 0.971. The minimum absolute atomic E-state index is 0.256. The quantitative estimate of drug-likeness (QED) is 0.401. The van der Waals surface area contributed by atoms with E-state index in [0.717, 1.165) is 41.4 Å². The number of likely N-dealkylation sites (tertiary alicyclic amines) is 2. The minimum Gasteiger partial charge on any atom is -0.348 e. The summed E-state index contributed by atoms with van der Waals surface area (Å²) in [5.74, 6) is -1.63. The molecule has 11 heteroatoms. The molecule has 0 radical (unpaired) electrons. The van der Waals surface area contributed by atoms with Crippen LogP contribution in [0.25, 0.3) is 22.3 Å². The van der Waals surface area contributed by atoms with Crippen molar-refractivity contribution in [2.24, 2.45) is 0 Å². The summed E-state index contributed by atoms with van der Waals surface area (Å²) in [7, 11) is 0. The lowest BCUT2D eigenvalue weighted by molar-refractivity contribution is -0.138. The van der Waals surface area contributed by atoms with Gasteiger partial charge >= 0.3 is 6.18 Å². The second-order valence-corrected chi connectivity index (χ2v) is 9.63. The molecular formula is C26H24F4N6O. The summed E-state index contributed by atoms with van der Waals surface area (Å²) < 4.78 is 55.9. The van der Waals surface area contributed by atoms with E-state index in [4.69, 9.17) is 0 Å². The molecule has 1 N–H and O–H groups in total. The average molecular weight is 513 g/mol. The molecule has 1 amide bonds.